The SMILES string of the molecule is Nc1ccc(-c2cc(CC(=O)O)c(-c3ccc(-c4sc(-c5ccc(N)s5)cc4CC(=O)O)s3)s2)s1. The molecule has 11 heteroatoms. The van der Waals surface area contributed by atoms with Gasteiger partial charge in [-0.1, -0.05) is 0 Å². The Labute approximate surface area is 220 Å². The zero-order chi connectivity index (χ0) is 24.7. The number of aliphatic carboxylic acids is 2. The maximum atomic E-state index is 11.5. The Morgan fingerprint density at radius 1 is 0.571 bits per heavy atom. The first-order valence-corrected chi connectivity index (χ1v) is 14.4. The standard InChI is InChI=1S/C24H18N2O4S5/c25-19-5-3-13(32-19)17-7-11(9-21(27)28)23(34-17)15-1-2-16(31-15)24-12(10-22(29)30)8-18(35-24)14-4-6-20(26)33-14/h1-8H,9-10,25-26H2,(H,27,28)(H,29,30). The Balaban J connectivity index is 1.56. The Bertz CT molecular complexity index is 1440. The molecule has 0 fully saturated rings. The molecule has 5 aromatic heterocycles. The predicted octanol–water partition coefficient (Wildman–Crippen LogP) is 7.08. The molecule has 0 atom stereocenters. The summed E-state index contributed by atoms with van der Waals surface area (Å²) in [6.07, 6.45) is -0.153. The number of nitrogen functional groups attached to an aromatic ring is 2. The average Bonchev–Trinajstić information content (AvgIpc) is 3.57. The van der Waals surface area contributed by atoms with Gasteiger partial charge in [-0.15, -0.1) is 56.7 Å². The van der Waals surface area contributed by atoms with Gasteiger partial charge in [-0.3, -0.25) is 9.59 Å². The van der Waals surface area contributed by atoms with E-state index in [2.05, 4.69) is 0 Å². The van der Waals surface area contributed by atoms with E-state index in [1.165, 1.54) is 22.7 Å². The molecule has 0 aliphatic rings. The van der Waals surface area contributed by atoms with E-state index in [1.807, 2.05) is 48.5 Å². The summed E-state index contributed by atoms with van der Waals surface area (Å²) >= 11 is 7.58. The molecule has 0 saturated heterocycles. The molecule has 0 unspecified atom stereocenters. The lowest BCUT2D eigenvalue weighted by molar-refractivity contribution is -0.137. The van der Waals surface area contributed by atoms with Gasteiger partial charge in [0, 0.05) is 39.0 Å². The van der Waals surface area contributed by atoms with Crippen LogP contribution in [0.25, 0.3) is 39.0 Å². The number of hydrogen-bond donors (Lipinski definition) is 4. The van der Waals surface area contributed by atoms with E-state index in [0.717, 1.165) is 50.1 Å². The summed E-state index contributed by atoms with van der Waals surface area (Å²) in [6, 6.07) is 15.4. The van der Waals surface area contributed by atoms with E-state index in [9.17, 15) is 19.8 Å². The Morgan fingerprint density at radius 3 is 1.31 bits per heavy atom. The lowest BCUT2D eigenvalue weighted by Crippen LogP contribution is -1.99. The summed E-state index contributed by atoms with van der Waals surface area (Å²) in [5.41, 5.74) is 13.3. The van der Waals surface area contributed by atoms with Crippen LogP contribution in [0.3, 0.4) is 0 Å². The van der Waals surface area contributed by atoms with Crippen molar-refractivity contribution in [2.45, 2.75) is 12.8 Å². The maximum Gasteiger partial charge on any atom is 0.307 e. The van der Waals surface area contributed by atoms with Gasteiger partial charge in [-0.05, 0) is 59.7 Å². The number of anilines is 2. The molecule has 0 aliphatic carbocycles. The molecule has 0 saturated carbocycles. The van der Waals surface area contributed by atoms with Crippen LogP contribution in [0.1, 0.15) is 11.1 Å². The highest BCUT2D eigenvalue weighted by Crippen LogP contribution is 2.48. The fourth-order valence-electron chi connectivity index (χ4n) is 3.66. The average molecular weight is 559 g/mol. The Morgan fingerprint density at radius 2 is 0.971 bits per heavy atom. The first-order valence-electron chi connectivity index (χ1n) is 10.3. The van der Waals surface area contributed by atoms with Crippen molar-refractivity contribution in [1.29, 1.82) is 0 Å². The van der Waals surface area contributed by atoms with Crippen LogP contribution < -0.4 is 11.5 Å². The topological polar surface area (TPSA) is 127 Å². The van der Waals surface area contributed by atoms with Crippen LogP contribution in [-0.2, 0) is 22.4 Å². The van der Waals surface area contributed by atoms with Crippen LogP contribution >= 0.6 is 56.7 Å². The summed E-state index contributed by atoms with van der Waals surface area (Å²) < 4.78 is 0. The number of thiophene rings is 5. The van der Waals surface area contributed by atoms with Crippen molar-refractivity contribution < 1.29 is 19.8 Å². The Hall–Kier alpha value is -2.96. The van der Waals surface area contributed by atoms with Gasteiger partial charge in [0.25, 0.3) is 0 Å². The summed E-state index contributed by atoms with van der Waals surface area (Å²) in [5, 5.41) is 20.4. The van der Waals surface area contributed by atoms with Crippen molar-refractivity contribution >= 4 is 78.6 Å². The quantitative estimate of drug-likeness (QED) is 0.161. The minimum atomic E-state index is -0.889. The molecule has 0 bridgehead atoms. The second-order valence-corrected chi connectivity index (χ2v) is 13.1. The third-order valence-electron chi connectivity index (χ3n) is 5.09. The van der Waals surface area contributed by atoms with Crippen molar-refractivity contribution in [3.8, 4) is 39.0 Å². The number of hydrogen-bond acceptors (Lipinski definition) is 9. The van der Waals surface area contributed by atoms with Crippen LogP contribution in [0.4, 0.5) is 10.0 Å². The van der Waals surface area contributed by atoms with Crippen molar-refractivity contribution in [3.05, 3.63) is 59.7 Å². The molecule has 5 aromatic rings. The van der Waals surface area contributed by atoms with E-state index >= 15 is 0 Å². The van der Waals surface area contributed by atoms with Gasteiger partial charge in [-0.2, -0.15) is 0 Å². The van der Waals surface area contributed by atoms with Gasteiger partial charge in [0.05, 0.1) is 22.8 Å². The third-order valence-corrected chi connectivity index (χ3v) is 11.1. The molecule has 0 aliphatic heterocycles. The number of nitrogens with two attached hydrogens (primary N) is 2. The van der Waals surface area contributed by atoms with Crippen LogP contribution in [0.5, 0.6) is 0 Å². The van der Waals surface area contributed by atoms with Gasteiger partial charge >= 0.3 is 11.9 Å². The zero-order valence-corrected chi connectivity index (χ0v) is 22.0. The molecular formula is C24H18N2O4S5. The first kappa shape index (κ1) is 23.8. The lowest BCUT2D eigenvalue weighted by Gasteiger charge is -1.99. The van der Waals surface area contributed by atoms with Crippen LogP contribution in [0.15, 0.2) is 48.5 Å². The van der Waals surface area contributed by atoms with E-state index in [0.29, 0.717) is 10.0 Å². The van der Waals surface area contributed by atoms with Crippen LogP contribution in [0, 0.1) is 0 Å². The molecule has 0 aromatic carbocycles. The monoisotopic (exact) mass is 558 g/mol. The van der Waals surface area contributed by atoms with Gasteiger partial charge in [-0.25, -0.2) is 0 Å². The summed E-state index contributed by atoms with van der Waals surface area (Å²) in [5.74, 6) is -1.78. The fourth-order valence-corrected chi connectivity index (χ4v) is 9.03. The molecule has 5 heterocycles. The molecule has 6 nitrogen and oxygen atoms in total. The second kappa shape index (κ2) is 9.59. The molecule has 0 radical (unpaired) electrons. The van der Waals surface area contributed by atoms with E-state index in [1.54, 1.807) is 34.0 Å². The molecule has 0 spiro atoms. The highest BCUT2D eigenvalue weighted by atomic mass is 32.1. The van der Waals surface area contributed by atoms with E-state index < -0.39 is 11.9 Å². The lowest BCUT2D eigenvalue weighted by atomic mass is 10.1. The normalized spacial score (nSPS) is 11.2. The van der Waals surface area contributed by atoms with Gasteiger partial charge in [0.2, 0.25) is 0 Å². The zero-order valence-electron chi connectivity index (χ0n) is 17.9. The molecule has 5 rings (SSSR count). The van der Waals surface area contributed by atoms with E-state index in [-0.39, 0.29) is 12.8 Å². The summed E-state index contributed by atoms with van der Waals surface area (Å²) in [4.78, 5) is 30.8. The smallest absolute Gasteiger partial charge is 0.307 e. The number of carboxylic acids is 2. The molecule has 178 valence electrons. The molecular weight excluding hydrogens is 541 g/mol. The van der Waals surface area contributed by atoms with Crippen molar-refractivity contribution in [1.82, 2.24) is 0 Å². The fraction of sp³-hybridized carbons (Fsp3) is 0.0833. The summed E-state index contributed by atoms with van der Waals surface area (Å²) in [6.45, 7) is 0. The maximum absolute atomic E-state index is 11.5. The first-order chi connectivity index (χ1) is 16.8. The minimum Gasteiger partial charge on any atom is -0.481 e. The number of rotatable bonds is 8. The second-order valence-electron chi connectivity index (χ2n) is 7.64. The molecule has 0 amide bonds. The third kappa shape index (κ3) is 5.04. The highest BCUT2D eigenvalue weighted by molar-refractivity contribution is 7.30. The number of carboxylic acid groups (broad SMARTS) is 2. The Kier molecular flexibility index (Phi) is 6.51. The van der Waals surface area contributed by atoms with Crippen molar-refractivity contribution in [3.63, 3.8) is 0 Å². The van der Waals surface area contributed by atoms with Gasteiger partial charge < -0.3 is 21.7 Å². The van der Waals surface area contributed by atoms with Crippen molar-refractivity contribution in [2.24, 2.45) is 0 Å². The van der Waals surface area contributed by atoms with E-state index in [4.69, 9.17) is 11.5 Å². The molecule has 35 heavy (non-hydrogen) atoms. The summed E-state index contributed by atoms with van der Waals surface area (Å²) in [7, 11) is 0. The molecule has 6 N–H and O–H groups in total. The van der Waals surface area contributed by atoms with Crippen LogP contribution in [0.2, 0.25) is 0 Å². The highest BCUT2D eigenvalue weighted by Gasteiger charge is 2.21. The minimum absolute atomic E-state index is 0.0763. The largest absolute Gasteiger partial charge is 0.481 e. The predicted molar refractivity (Wildman–Crippen MR) is 149 cm³/mol. The van der Waals surface area contributed by atoms with Gasteiger partial charge in [0.15, 0.2) is 0 Å². The van der Waals surface area contributed by atoms with Gasteiger partial charge in [0.1, 0.15) is 0 Å². The van der Waals surface area contributed by atoms with Crippen molar-refractivity contribution in [2.75, 3.05) is 11.5 Å². The van der Waals surface area contributed by atoms with Crippen LogP contribution in [-0.4, -0.2) is 22.2 Å². The number of carbonyl (C=O) groups is 2.